The van der Waals surface area contributed by atoms with Crippen molar-refractivity contribution in [2.75, 3.05) is 0 Å². The number of benzene rings is 1. The molecule has 0 aliphatic rings. The number of hydrogen-bond donors (Lipinski definition) is 0. The number of pyridine rings is 2. The molecular weight excluding hydrogens is 202 g/mol. The van der Waals surface area contributed by atoms with E-state index in [1.807, 2.05) is 30.3 Å². The molecule has 0 radical (unpaired) electrons. The van der Waals surface area contributed by atoms with Crippen molar-refractivity contribution >= 4 is 28.6 Å². The second-order valence-corrected chi connectivity index (χ2v) is 3.96. The normalized spacial score (nSPS) is 10.9. The van der Waals surface area contributed by atoms with Crippen LogP contribution in [-0.4, -0.2) is 4.40 Å². The molecule has 0 aliphatic carbocycles. The fourth-order valence-electron chi connectivity index (χ4n) is 1.90. The molecule has 0 atom stereocenters. The third kappa shape index (κ3) is 1.26. The Morgan fingerprint density at radius 2 is 1.73 bits per heavy atom. The van der Waals surface area contributed by atoms with Crippen LogP contribution in [0.15, 0.2) is 54.7 Å². The van der Waals surface area contributed by atoms with Crippen LogP contribution in [0.2, 0.25) is 0 Å². The van der Waals surface area contributed by atoms with E-state index in [0.29, 0.717) is 0 Å². The number of aromatic nitrogens is 1. The van der Waals surface area contributed by atoms with E-state index in [1.54, 1.807) is 0 Å². The van der Waals surface area contributed by atoms with Crippen LogP contribution in [0.25, 0.3) is 16.4 Å². The average Bonchev–Trinajstić information content (AvgIpc) is 2.30. The van der Waals surface area contributed by atoms with Gasteiger partial charge in [0.1, 0.15) is 0 Å². The van der Waals surface area contributed by atoms with Gasteiger partial charge in [0.25, 0.3) is 0 Å². The predicted molar refractivity (Wildman–Crippen MR) is 65.7 cm³/mol. The Balaban J connectivity index is 2.70. The molecule has 0 unspecified atom stereocenters. The quantitative estimate of drug-likeness (QED) is 0.404. The molecule has 0 spiro atoms. The summed E-state index contributed by atoms with van der Waals surface area (Å²) in [5, 5.41) is 1.14. The Kier molecular flexibility index (Phi) is 1.82. The van der Waals surface area contributed by atoms with Crippen LogP contribution in [0.3, 0.4) is 0 Å². The molecule has 2 aromatic heterocycles. The summed E-state index contributed by atoms with van der Waals surface area (Å²) in [4.78, 5) is 0. The minimum atomic E-state index is 0.914. The number of para-hydroxylation sites is 1. The van der Waals surface area contributed by atoms with Gasteiger partial charge in [0.15, 0.2) is 0 Å². The third-order valence-electron chi connectivity index (χ3n) is 2.60. The first kappa shape index (κ1) is 8.62. The van der Waals surface area contributed by atoms with Crippen molar-refractivity contribution in [1.29, 1.82) is 0 Å². The van der Waals surface area contributed by atoms with Crippen LogP contribution >= 0.6 is 12.2 Å². The first-order valence-electron chi connectivity index (χ1n) is 4.85. The summed E-state index contributed by atoms with van der Waals surface area (Å²) in [6.07, 6.45) is 2.06. The number of fused-ring (bicyclic) bond motifs is 3. The van der Waals surface area contributed by atoms with Crippen molar-refractivity contribution in [3.8, 4) is 0 Å². The van der Waals surface area contributed by atoms with Gasteiger partial charge >= 0.3 is 0 Å². The highest BCUT2D eigenvalue weighted by atomic mass is 32.1. The molecule has 0 saturated carbocycles. The van der Waals surface area contributed by atoms with E-state index < -0.39 is 0 Å². The molecule has 72 valence electrons. The summed E-state index contributed by atoms with van der Waals surface area (Å²) >= 11 is 5.37. The van der Waals surface area contributed by atoms with E-state index >= 15 is 0 Å². The Morgan fingerprint density at radius 1 is 0.933 bits per heavy atom. The summed E-state index contributed by atoms with van der Waals surface area (Å²) < 4.78 is 3.07. The van der Waals surface area contributed by atoms with Crippen LogP contribution in [0.4, 0.5) is 0 Å². The average molecular weight is 211 g/mol. The predicted octanol–water partition coefficient (Wildman–Crippen LogP) is 3.82. The van der Waals surface area contributed by atoms with E-state index in [0.717, 1.165) is 15.4 Å². The molecule has 1 nitrogen and oxygen atoms in total. The van der Waals surface area contributed by atoms with Crippen LogP contribution < -0.4 is 0 Å². The Bertz CT molecular complexity index is 697. The molecule has 1 aromatic carbocycles. The van der Waals surface area contributed by atoms with E-state index in [9.17, 15) is 0 Å². The fraction of sp³-hybridized carbons (Fsp3) is 0. The molecule has 15 heavy (non-hydrogen) atoms. The summed E-state index contributed by atoms with van der Waals surface area (Å²) in [6.45, 7) is 0. The zero-order valence-corrected chi connectivity index (χ0v) is 8.87. The summed E-state index contributed by atoms with van der Waals surface area (Å²) in [5.74, 6) is 0. The molecule has 3 rings (SSSR count). The lowest BCUT2D eigenvalue weighted by Gasteiger charge is -2.05. The fourth-order valence-corrected chi connectivity index (χ4v) is 2.19. The zero-order valence-electron chi connectivity index (χ0n) is 8.05. The van der Waals surface area contributed by atoms with Crippen LogP contribution in [0.1, 0.15) is 0 Å². The van der Waals surface area contributed by atoms with Gasteiger partial charge in [-0.1, -0.05) is 36.5 Å². The zero-order chi connectivity index (χ0) is 10.3. The highest BCUT2D eigenvalue weighted by Gasteiger charge is 1.98. The minimum Gasteiger partial charge on any atom is -0.316 e. The highest BCUT2D eigenvalue weighted by molar-refractivity contribution is 7.71. The molecule has 0 bridgehead atoms. The van der Waals surface area contributed by atoms with Gasteiger partial charge in [-0.3, -0.25) is 0 Å². The number of nitrogens with zero attached hydrogens (tertiary/aromatic N) is 1. The molecule has 0 saturated heterocycles. The van der Waals surface area contributed by atoms with Gasteiger partial charge in [0.05, 0.1) is 5.52 Å². The number of rotatable bonds is 0. The Hall–Kier alpha value is -1.67. The first-order chi connectivity index (χ1) is 7.36. The maximum atomic E-state index is 5.37. The molecular formula is C13H9NS. The molecule has 0 fully saturated rings. The smallest absolute Gasteiger partial charge is 0.0542 e. The van der Waals surface area contributed by atoms with Crippen molar-refractivity contribution in [2.45, 2.75) is 0 Å². The van der Waals surface area contributed by atoms with Gasteiger partial charge in [0, 0.05) is 21.6 Å². The van der Waals surface area contributed by atoms with Gasteiger partial charge in [0.2, 0.25) is 0 Å². The third-order valence-corrected chi connectivity index (χ3v) is 2.94. The maximum Gasteiger partial charge on any atom is 0.0542 e. The first-order valence-corrected chi connectivity index (χ1v) is 5.26. The monoisotopic (exact) mass is 211 g/mol. The molecule has 0 amide bonds. The lowest BCUT2D eigenvalue weighted by molar-refractivity contribution is 1.23. The molecule has 2 heteroatoms. The topological polar surface area (TPSA) is 4.41 Å². The second kappa shape index (κ2) is 3.17. The lowest BCUT2D eigenvalue weighted by atomic mass is 10.2. The van der Waals surface area contributed by atoms with Gasteiger partial charge in [-0.2, -0.15) is 0 Å². The van der Waals surface area contributed by atoms with Gasteiger partial charge < -0.3 is 4.40 Å². The van der Waals surface area contributed by atoms with Crippen molar-refractivity contribution in [2.24, 2.45) is 0 Å². The minimum absolute atomic E-state index is 0.914. The van der Waals surface area contributed by atoms with E-state index in [1.165, 1.54) is 5.52 Å². The molecule has 0 N–H and O–H groups in total. The van der Waals surface area contributed by atoms with Crippen LogP contribution in [0.5, 0.6) is 0 Å². The Labute approximate surface area is 92.6 Å². The van der Waals surface area contributed by atoms with Crippen molar-refractivity contribution in [3.63, 3.8) is 0 Å². The van der Waals surface area contributed by atoms with Crippen LogP contribution in [-0.2, 0) is 0 Å². The number of hydrogen-bond acceptors (Lipinski definition) is 1. The SMILES string of the molecule is S=c1cc2ccccn2c2ccccc12. The standard InChI is InChI=1S/C13H9NS/c15-13-9-10-5-3-4-8-14(10)12-7-2-1-6-11(12)13/h1-9H. The van der Waals surface area contributed by atoms with Crippen molar-refractivity contribution in [3.05, 3.63) is 59.2 Å². The summed E-state index contributed by atoms with van der Waals surface area (Å²) in [7, 11) is 0. The van der Waals surface area contributed by atoms with Gasteiger partial charge in [-0.05, 0) is 24.3 Å². The summed E-state index contributed by atoms with van der Waals surface area (Å²) in [5.41, 5.74) is 2.31. The summed E-state index contributed by atoms with van der Waals surface area (Å²) in [6, 6.07) is 16.4. The van der Waals surface area contributed by atoms with E-state index in [-0.39, 0.29) is 0 Å². The van der Waals surface area contributed by atoms with E-state index in [4.69, 9.17) is 12.2 Å². The maximum absolute atomic E-state index is 5.37. The largest absolute Gasteiger partial charge is 0.316 e. The van der Waals surface area contributed by atoms with E-state index in [2.05, 4.69) is 28.8 Å². The van der Waals surface area contributed by atoms with Crippen LogP contribution in [0, 0.1) is 4.51 Å². The second-order valence-electron chi connectivity index (χ2n) is 3.52. The molecule has 2 heterocycles. The van der Waals surface area contributed by atoms with Gasteiger partial charge in [-0.25, -0.2) is 0 Å². The van der Waals surface area contributed by atoms with Gasteiger partial charge in [-0.15, -0.1) is 0 Å². The lowest BCUT2D eigenvalue weighted by Crippen LogP contribution is -1.90. The van der Waals surface area contributed by atoms with Crippen molar-refractivity contribution < 1.29 is 0 Å². The molecule has 0 aliphatic heterocycles. The van der Waals surface area contributed by atoms with Crippen molar-refractivity contribution in [1.82, 2.24) is 4.40 Å². The highest BCUT2D eigenvalue weighted by Crippen LogP contribution is 2.18. The Morgan fingerprint density at radius 3 is 2.67 bits per heavy atom. The molecule has 3 aromatic rings.